The predicted octanol–water partition coefficient (Wildman–Crippen LogP) is 5.93. The number of ether oxygens (including phenoxy) is 1. The Hall–Kier alpha value is -4.20. The maximum Gasteiger partial charge on any atom is 0.258 e. The van der Waals surface area contributed by atoms with Gasteiger partial charge in [0.15, 0.2) is 18.2 Å². The van der Waals surface area contributed by atoms with Gasteiger partial charge in [0.1, 0.15) is 5.75 Å². The van der Waals surface area contributed by atoms with E-state index in [0.717, 1.165) is 16.5 Å². The van der Waals surface area contributed by atoms with Crippen LogP contribution in [0.3, 0.4) is 0 Å². The molecular formula is C29H34N6O2. The first-order valence-electron chi connectivity index (χ1n) is 12.2. The van der Waals surface area contributed by atoms with Crippen molar-refractivity contribution in [2.45, 2.75) is 46.6 Å². The summed E-state index contributed by atoms with van der Waals surface area (Å²) < 4.78 is 5.71. The van der Waals surface area contributed by atoms with Crippen LogP contribution in [0.1, 0.15) is 41.0 Å². The van der Waals surface area contributed by atoms with Crippen LogP contribution in [0.25, 0.3) is 22.3 Å². The lowest BCUT2D eigenvalue weighted by atomic mass is 10.0. The molecule has 0 saturated carbocycles. The normalized spacial score (nSPS) is 12.9. The van der Waals surface area contributed by atoms with E-state index in [9.17, 15) is 4.79 Å². The molecule has 3 rings (SSSR count). The molecule has 0 radical (unpaired) electrons. The van der Waals surface area contributed by atoms with E-state index in [1.165, 1.54) is 6.21 Å². The van der Waals surface area contributed by atoms with Crippen molar-refractivity contribution in [1.29, 1.82) is 10.8 Å². The Morgan fingerprint density at radius 3 is 2.59 bits per heavy atom. The Balaban J connectivity index is 1.90. The van der Waals surface area contributed by atoms with Gasteiger partial charge in [0, 0.05) is 40.0 Å². The van der Waals surface area contributed by atoms with Gasteiger partial charge in [-0.2, -0.15) is 0 Å². The van der Waals surface area contributed by atoms with Gasteiger partial charge in [0.05, 0.1) is 5.52 Å². The van der Waals surface area contributed by atoms with E-state index < -0.39 is 0 Å². The molecule has 0 aliphatic rings. The summed E-state index contributed by atoms with van der Waals surface area (Å²) in [7, 11) is 0. The second-order valence-corrected chi connectivity index (χ2v) is 9.73. The second-order valence-electron chi connectivity index (χ2n) is 9.73. The van der Waals surface area contributed by atoms with Crippen molar-refractivity contribution < 1.29 is 9.53 Å². The van der Waals surface area contributed by atoms with E-state index >= 15 is 0 Å². The number of aliphatic imine (C=N–C) groups is 1. The van der Waals surface area contributed by atoms with Crippen molar-refractivity contribution in [1.82, 2.24) is 15.3 Å². The first kappa shape index (κ1) is 27.4. The number of hydrogen-bond donors (Lipinski definition) is 3. The zero-order chi connectivity index (χ0) is 27.0. The van der Waals surface area contributed by atoms with E-state index in [1.807, 2.05) is 71.0 Å². The molecule has 0 saturated heterocycles. The molecule has 1 heterocycles. The number of aromatic nitrogens is 2. The van der Waals surface area contributed by atoms with E-state index in [2.05, 4.69) is 5.32 Å². The number of allylic oxidation sites excluding steroid dienone is 2. The number of benzene rings is 2. The van der Waals surface area contributed by atoms with E-state index in [4.69, 9.17) is 30.5 Å². The summed E-state index contributed by atoms with van der Waals surface area (Å²) in [6, 6.07) is 15.0. The number of para-hydroxylation sites is 1. The molecule has 1 atom stereocenters. The number of hydrogen-bond acceptors (Lipinski definition) is 7. The smallest absolute Gasteiger partial charge is 0.258 e. The van der Waals surface area contributed by atoms with E-state index in [-0.39, 0.29) is 24.0 Å². The SMILES string of the molecule is CCC(C=N)C(=N)/C=C\C(C)=Nc1nc(-c2cccc(OCC(=O)NC(C)(C)C)c2)nc2ccccc12. The molecule has 0 aliphatic heterocycles. The molecule has 1 unspecified atom stereocenters. The van der Waals surface area contributed by atoms with Crippen molar-refractivity contribution in [2.75, 3.05) is 6.61 Å². The van der Waals surface area contributed by atoms with Gasteiger partial charge in [0.25, 0.3) is 5.91 Å². The van der Waals surface area contributed by atoms with Crippen LogP contribution in [-0.4, -0.2) is 45.7 Å². The Morgan fingerprint density at radius 1 is 1.14 bits per heavy atom. The second kappa shape index (κ2) is 12.2. The van der Waals surface area contributed by atoms with Crippen molar-refractivity contribution in [3.05, 3.63) is 60.7 Å². The van der Waals surface area contributed by atoms with Crippen LogP contribution in [0.2, 0.25) is 0 Å². The predicted molar refractivity (Wildman–Crippen MR) is 151 cm³/mol. The maximum absolute atomic E-state index is 12.1. The Bertz CT molecular complexity index is 1350. The third kappa shape index (κ3) is 7.90. The molecule has 1 aromatic heterocycles. The van der Waals surface area contributed by atoms with Gasteiger partial charge >= 0.3 is 0 Å². The number of carbonyl (C=O) groups excluding carboxylic acids is 1. The Kier molecular flexibility index (Phi) is 9.00. The van der Waals surface area contributed by atoms with Crippen molar-refractivity contribution in [2.24, 2.45) is 10.9 Å². The number of nitrogens with zero attached hydrogens (tertiary/aromatic N) is 3. The summed E-state index contributed by atoms with van der Waals surface area (Å²) >= 11 is 0. The fourth-order valence-electron chi connectivity index (χ4n) is 3.57. The average Bonchev–Trinajstić information content (AvgIpc) is 2.86. The highest BCUT2D eigenvalue weighted by Gasteiger charge is 2.15. The number of nitrogens with one attached hydrogen (secondary N) is 3. The number of carbonyl (C=O) groups is 1. The minimum atomic E-state index is -0.330. The van der Waals surface area contributed by atoms with Gasteiger partial charge in [0.2, 0.25) is 0 Å². The molecule has 37 heavy (non-hydrogen) atoms. The molecule has 0 bridgehead atoms. The molecule has 3 aromatic rings. The van der Waals surface area contributed by atoms with Crippen molar-refractivity contribution >= 4 is 40.3 Å². The van der Waals surface area contributed by atoms with Crippen molar-refractivity contribution in [3.8, 4) is 17.1 Å². The number of amides is 1. The van der Waals surface area contributed by atoms with Crippen molar-refractivity contribution in [3.63, 3.8) is 0 Å². The summed E-state index contributed by atoms with van der Waals surface area (Å²) in [5.41, 5.74) is 2.21. The average molecular weight is 499 g/mol. The fourth-order valence-corrected chi connectivity index (χ4v) is 3.57. The summed E-state index contributed by atoms with van der Waals surface area (Å²) in [6.07, 6.45) is 5.44. The summed E-state index contributed by atoms with van der Waals surface area (Å²) in [4.78, 5) is 26.3. The van der Waals surface area contributed by atoms with Crippen LogP contribution in [0.5, 0.6) is 5.75 Å². The molecule has 1 amide bonds. The van der Waals surface area contributed by atoms with E-state index in [1.54, 1.807) is 24.3 Å². The van der Waals surface area contributed by atoms with E-state index in [0.29, 0.717) is 35.2 Å². The first-order chi connectivity index (χ1) is 17.6. The van der Waals surface area contributed by atoms with Gasteiger partial charge < -0.3 is 20.9 Å². The third-order valence-electron chi connectivity index (χ3n) is 5.39. The lowest BCUT2D eigenvalue weighted by molar-refractivity contribution is -0.124. The van der Waals surface area contributed by atoms with Crippen LogP contribution in [0.4, 0.5) is 5.82 Å². The fraction of sp³-hybridized carbons (Fsp3) is 0.310. The molecule has 0 spiro atoms. The van der Waals surface area contributed by atoms with Gasteiger partial charge in [-0.25, -0.2) is 15.0 Å². The highest BCUT2D eigenvalue weighted by molar-refractivity contribution is 6.08. The zero-order valence-electron chi connectivity index (χ0n) is 22.0. The number of rotatable bonds is 10. The lowest BCUT2D eigenvalue weighted by Gasteiger charge is -2.20. The van der Waals surface area contributed by atoms with Crippen LogP contribution >= 0.6 is 0 Å². The summed E-state index contributed by atoms with van der Waals surface area (Å²) in [5, 5.41) is 19.3. The molecule has 2 aromatic carbocycles. The van der Waals surface area contributed by atoms with Gasteiger partial charge in [-0.1, -0.05) is 31.2 Å². The maximum atomic E-state index is 12.1. The largest absolute Gasteiger partial charge is 0.484 e. The molecule has 0 fully saturated rings. The van der Waals surface area contributed by atoms with Crippen LogP contribution in [-0.2, 0) is 4.79 Å². The quantitative estimate of drug-likeness (QED) is 0.299. The van der Waals surface area contributed by atoms with Gasteiger partial charge in [-0.05, 0) is 70.5 Å². The summed E-state index contributed by atoms with van der Waals surface area (Å²) in [5.74, 6) is 1.15. The van der Waals surface area contributed by atoms with Crippen LogP contribution in [0.15, 0.2) is 65.7 Å². The molecule has 8 nitrogen and oxygen atoms in total. The first-order valence-corrected chi connectivity index (χ1v) is 12.2. The third-order valence-corrected chi connectivity index (χ3v) is 5.39. The highest BCUT2D eigenvalue weighted by atomic mass is 16.5. The molecule has 3 N–H and O–H groups in total. The standard InChI is InChI=1S/C29H34N6O2/c1-6-20(17-30)24(31)15-14-19(2)32-28-23-12-7-8-13-25(23)33-27(34-28)21-10-9-11-22(16-21)37-18-26(36)35-29(3,4)5/h7-17,20,30-31H,6,18H2,1-5H3,(H,35,36)/b15-14-,30-17?,31-24?,32-19?. The summed E-state index contributed by atoms with van der Waals surface area (Å²) in [6.45, 7) is 9.47. The molecule has 8 heteroatoms. The monoisotopic (exact) mass is 498 g/mol. The number of fused-ring (bicyclic) bond motifs is 1. The highest BCUT2D eigenvalue weighted by Crippen LogP contribution is 2.28. The molecule has 192 valence electrons. The molecule has 0 aliphatic carbocycles. The Labute approximate surface area is 217 Å². The lowest BCUT2D eigenvalue weighted by Crippen LogP contribution is -2.43. The minimum Gasteiger partial charge on any atom is -0.484 e. The van der Waals surface area contributed by atoms with Gasteiger partial charge in [-0.3, -0.25) is 4.79 Å². The molecular weight excluding hydrogens is 464 g/mol. The minimum absolute atomic E-state index is 0.0910. The van der Waals surface area contributed by atoms with Gasteiger partial charge in [-0.15, -0.1) is 0 Å². The van der Waals surface area contributed by atoms with Crippen LogP contribution < -0.4 is 10.1 Å². The topological polar surface area (TPSA) is 124 Å². The Morgan fingerprint density at radius 2 is 1.89 bits per heavy atom. The van der Waals surface area contributed by atoms with Crippen LogP contribution in [0, 0.1) is 16.7 Å². The zero-order valence-corrected chi connectivity index (χ0v) is 22.0.